The molecule has 0 bridgehead atoms. The van der Waals surface area contributed by atoms with Crippen LogP contribution in [0.2, 0.25) is 0 Å². The third kappa shape index (κ3) is 5.44. The molecule has 4 atom stereocenters. The van der Waals surface area contributed by atoms with Gasteiger partial charge in [-0.1, -0.05) is 35.2 Å². The summed E-state index contributed by atoms with van der Waals surface area (Å²) in [7, 11) is 0. The molecule has 2 fully saturated rings. The predicted octanol–water partition coefficient (Wildman–Crippen LogP) is 0.298. The molecular formula is C19H24N8O5S4. The normalized spacial score (nSPS) is 24.6. The molecule has 4 heterocycles. The number of anilines is 1. The van der Waals surface area contributed by atoms with E-state index >= 15 is 0 Å². The van der Waals surface area contributed by atoms with Gasteiger partial charge in [0.05, 0.1) is 0 Å². The zero-order valence-corrected chi connectivity index (χ0v) is 22.3. The van der Waals surface area contributed by atoms with Crippen molar-refractivity contribution in [2.24, 2.45) is 16.3 Å². The van der Waals surface area contributed by atoms with Gasteiger partial charge in [-0.15, -0.1) is 33.3 Å². The third-order valence-corrected chi connectivity index (χ3v) is 10.1. The van der Waals surface area contributed by atoms with Crippen molar-refractivity contribution < 1.29 is 24.3 Å². The van der Waals surface area contributed by atoms with E-state index in [4.69, 9.17) is 16.3 Å². The van der Waals surface area contributed by atoms with E-state index in [0.717, 1.165) is 11.3 Å². The van der Waals surface area contributed by atoms with Gasteiger partial charge in [0.2, 0.25) is 5.91 Å². The van der Waals surface area contributed by atoms with Crippen molar-refractivity contribution in [1.82, 2.24) is 25.4 Å². The lowest BCUT2D eigenvalue weighted by Gasteiger charge is -2.53. The Morgan fingerprint density at radius 1 is 1.47 bits per heavy atom. The summed E-state index contributed by atoms with van der Waals surface area (Å²) in [5, 5.41) is 25.8. The molecule has 2 aromatic heterocycles. The first kappa shape index (κ1) is 26.6. The van der Waals surface area contributed by atoms with E-state index in [1.807, 2.05) is 6.92 Å². The molecule has 194 valence electrons. The lowest BCUT2D eigenvalue weighted by atomic mass is 9.89. The number of oxime groups is 1. The number of amides is 2. The molecule has 13 nitrogen and oxygen atoms in total. The molecule has 2 saturated heterocycles. The van der Waals surface area contributed by atoms with Gasteiger partial charge in [-0.25, -0.2) is 4.98 Å². The van der Waals surface area contributed by atoms with Crippen LogP contribution in [-0.4, -0.2) is 90.8 Å². The van der Waals surface area contributed by atoms with Gasteiger partial charge in [-0.3, -0.25) is 14.4 Å². The Labute approximate surface area is 222 Å². The molecule has 3 unspecified atom stereocenters. The minimum Gasteiger partial charge on any atom is -0.481 e. The number of carboxylic acids is 1. The highest BCUT2D eigenvalue weighted by Crippen LogP contribution is 2.44. The van der Waals surface area contributed by atoms with Crippen LogP contribution in [-0.2, 0) is 19.2 Å². The Balaban J connectivity index is 1.44. The van der Waals surface area contributed by atoms with E-state index in [9.17, 15) is 19.5 Å². The van der Waals surface area contributed by atoms with Crippen molar-refractivity contribution >= 4 is 74.8 Å². The number of aromatic nitrogens is 3. The zero-order valence-electron chi connectivity index (χ0n) is 19.0. The number of hydrogen-bond donors (Lipinski definition) is 4. The average Bonchev–Trinajstić information content (AvgIpc) is 3.55. The largest absolute Gasteiger partial charge is 0.481 e. The Morgan fingerprint density at radius 3 is 2.89 bits per heavy atom. The van der Waals surface area contributed by atoms with Crippen molar-refractivity contribution in [3.63, 3.8) is 0 Å². The van der Waals surface area contributed by atoms with Crippen molar-refractivity contribution in [3.05, 3.63) is 16.6 Å². The fourth-order valence-corrected chi connectivity index (χ4v) is 7.45. The molecule has 36 heavy (non-hydrogen) atoms. The van der Waals surface area contributed by atoms with Crippen LogP contribution in [0.25, 0.3) is 0 Å². The molecule has 17 heteroatoms. The number of nitrogens with one attached hydrogen (secondary N) is 1. The number of aliphatic carboxylic acids is 1. The number of rotatable bonds is 11. The highest BCUT2D eigenvalue weighted by Gasteiger charge is 2.57. The van der Waals surface area contributed by atoms with Gasteiger partial charge >= 0.3 is 5.97 Å². The summed E-state index contributed by atoms with van der Waals surface area (Å²) in [6.45, 7) is 2.13. The number of nitrogens with two attached hydrogens (primary N) is 2. The topological polar surface area (TPSA) is 199 Å². The molecule has 2 amide bonds. The molecule has 2 aliphatic heterocycles. The number of fused-ring (bicyclic) bond motifs is 1. The SMILES string of the molecule is CCC(CN)ON=C(C(=O)NC1C(=O)N2CC(CSc3nncs3)(C(=O)O)CS[C@H]12)c1csc(N)n1. The first-order chi connectivity index (χ1) is 17.3. The molecule has 0 spiro atoms. The number of nitrogens with zero attached hydrogens (tertiary/aromatic N) is 5. The number of hydrogen-bond acceptors (Lipinski definition) is 14. The number of β-lactam (4-membered cyclic amide) rings is 1. The summed E-state index contributed by atoms with van der Waals surface area (Å²) in [5.41, 5.74) is 11.9. The lowest BCUT2D eigenvalue weighted by Crippen LogP contribution is -2.74. The minimum absolute atomic E-state index is 0.0400. The van der Waals surface area contributed by atoms with Crippen molar-refractivity contribution in [3.8, 4) is 0 Å². The van der Waals surface area contributed by atoms with Gasteiger partial charge in [0, 0.05) is 30.0 Å². The van der Waals surface area contributed by atoms with Gasteiger partial charge in [0.1, 0.15) is 34.1 Å². The van der Waals surface area contributed by atoms with E-state index in [1.165, 1.54) is 39.8 Å². The Morgan fingerprint density at radius 2 is 2.28 bits per heavy atom. The Bertz CT molecular complexity index is 1140. The van der Waals surface area contributed by atoms with Crippen molar-refractivity contribution in [2.45, 2.75) is 35.2 Å². The smallest absolute Gasteiger partial charge is 0.313 e. The van der Waals surface area contributed by atoms with Crippen LogP contribution in [0.1, 0.15) is 19.0 Å². The average molecular weight is 573 g/mol. The van der Waals surface area contributed by atoms with E-state index in [-0.39, 0.29) is 53.1 Å². The quantitative estimate of drug-likeness (QED) is 0.124. The van der Waals surface area contributed by atoms with Gasteiger partial charge in [-0.05, 0) is 6.42 Å². The van der Waals surface area contributed by atoms with Crippen LogP contribution in [0.3, 0.4) is 0 Å². The van der Waals surface area contributed by atoms with Crippen LogP contribution >= 0.6 is 46.2 Å². The first-order valence-corrected chi connectivity index (χ1v) is 14.6. The fraction of sp³-hybridized carbons (Fsp3) is 0.526. The highest BCUT2D eigenvalue weighted by molar-refractivity contribution is 8.01. The van der Waals surface area contributed by atoms with Crippen LogP contribution in [0.4, 0.5) is 5.13 Å². The number of carboxylic acid groups (broad SMARTS) is 1. The minimum atomic E-state index is -1.14. The molecule has 0 saturated carbocycles. The monoisotopic (exact) mass is 572 g/mol. The molecule has 2 aromatic rings. The van der Waals surface area contributed by atoms with Crippen LogP contribution in [0.5, 0.6) is 0 Å². The molecule has 6 N–H and O–H groups in total. The van der Waals surface area contributed by atoms with Gasteiger partial charge in [0.25, 0.3) is 5.91 Å². The summed E-state index contributed by atoms with van der Waals surface area (Å²) < 4.78 is 0.666. The van der Waals surface area contributed by atoms with Crippen molar-refractivity contribution in [2.75, 3.05) is 30.3 Å². The fourth-order valence-electron chi connectivity index (χ4n) is 3.55. The second-order valence-electron chi connectivity index (χ2n) is 8.08. The summed E-state index contributed by atoms with van der Waals surface area (Å²) in [4.78, 5) is 49.3. The van der Waals surface area contributed by atoms with E-state index in [0.29, 0.717) is 10.8 Å². The number of nitrogen functional groups attached to an aromatic ring is 1. The second-order valence-corrected chi connectivity index (χ2v) is 12.1. The number of thioether (sulfide) groups is 2. The van der Waals surface area contributed by atoms with E-state index < -0.39 is 28.7 Å². The second kappa shape index (κ2) is 11.3. The van der Waals surface area contributed by atoms with Crippen LogP contribution in [0, 0.1) is 5.41 Å². The summed E-state index contributed by atoms with van der Waals surface area (Å²) >= 11 is 5.09. The molecular weight excluding hydrogens is 549 g/mol. The molecule has 0 aliphatic carbocycles. The first-order valence-electron chi connectivity index (χ1n) is 10.8. The molecule has 0 aromatic carbocycles. The summed E-state index contributed by atoms with van der Waals surface area (Å²) in [5.74, 6) is -1.47. The number of carbonyl (C=O) groups excluding carboxylic acids is 2. The Kier molecular flexibility index (Phi) is 8.34. The van der Waals surface area contributed by atoms with E-state index in [2.05, 4.69) is 25.7 Å². The van der Waals surface area contributed by atoms with Crippen molar-refractivity contribution in [1.29, 1.82) is 0 Å². The lowest BCUT2D eigenvalue weighted by molar-refractivity contribution is -0.157. The molecule has 2 aliphatic rings. The zero-order chi connectivity index (χ0) is 25.9. The van der Waals surface area contributed by atoms with Crippen LogP contribution in [0.15, 0.2) is 20.4 Å². The Hall–Kier alpha value is -2.47. The van der Waals surface area contributed by atoms with Gasteiger partial charge in [-0.2, -0.15) is 0 Å². The van der Waals surface area contributed by atoms with Gasteiger partial charge in [0.15, 0.2) is 15.2 Å². The van der Waals surface area contributed by atoms with E-state index in [1.54, 1.807) is 10.9 Å². The third-order valence-electron chi connectivity index (χ3n) is 5.69. The summed E-state index contributed by atoms with van der Waals surface area (Å²) in [6, 6.07) is -0.831. The van der Waals surface area contributed by atoms with Crippen LogP contribution < -0.4 is 16.8 Å². The van der Waals surface area contributed by atoms with Gasteiger partial charge < -0.3 is 31.6 Å². The maximum absolute atomic E-state index is 13.1. The molecule has 4 rings (SSSR count). The maximum Gasteiger partial charge on any atom is 0.313 e. The molecule has 0 radical (unpaired) electrons. The summed E-state index contributed by atoms with van der Waals surface area (Å²) in [6.07, 6.45) is 0.201. The standard InChI is InChI=1S/C19H24N8O5S4/c1-2-9(3-20)32-26-11(10-4-33-17(21)23-10)13(28)24-12-14(29)27-5-19(16(30)31,6-34-15(12)27)7-35-18-25-22-8-36-18/h4,8-9,12,15H,2-3,5-7,20H2,1H3,(H2,21,23)(H,24,28)(H,30,31)/t9?,12?,15-,19?/m1/s1. The maximum atomic E-state index is 13.1. The number of thiazole rings is 1. The predicted molar refractivity (Wildman–Crippen MR) is 138 cm³/mol. The highest BCUT2D eigenvalue weighted by atomic mass is 32.2. The number of carbonyl (C=O) groups is 3.